The summed E-state index contributed by atoms with van der Waals surface area (Å²) in [7, 11) is 0. The summed E-state index contributed by atoms with van der Waals surface area (Å²) in [5.74, 6) is -1.49. The molecule has 0 aliphatic carbocycles. The first kappa shape index (κ1) is 13.1. The van der Waals surface area contributed by atoms with Crippen molar-refractivity contribution < 1.29 is 19.8 Å². The highest BCUT2D eigenvalue weighted by atomic mass is 16.3. The highest BCUT2D eigenvalue weighted by Gasteiger charge is 2.22. The smallest absolute Gasteiger partial charge is 0.267 e. The SMILES string of the molecule is NC(=O)CC(O)C(O)c1cccc(C(N)=O)n1. The van der Waals surface area contributed by atoms with Crippen molar-refractivity contribution in [1.82, 2.24) is 4.98 Å². The average Bonchev–Trinajstić information content (AvgIpc) is 2.27. The molecule has 2 unspecified atom stereocenters. The van der Waals surface area contributed by atoms with Crippen LogP contribution in [-0.4, -0.2) is 33.1 Å². The predicted molar refractivity (Wildman–Crippen MR) is 57.5 cm³/mol. The summed E-state index contributed by atoms with van der Waals surface area (Å²) in [6, 6.07) is 4.24. The van der Waals surface area contributed by atoms with E-state index < -0.39 is 30.4 Å². The van der Waals surface area contributed by atoms with Gasteiger partial charge in [0.2, 0.25) is 5.91 Å². The number of amides is 2. The van der Waals surface area contributed by atoms with E-state index in [1.54, 1.807) is 0 Å². The molecule has 7 nitrogen and oxygen atoms in total. The van der Waals surface area contributed by atoms with E-state index in [0.717, 1.165) is 0 Å². The van der Waals surface area contributed by atoms with E-state index in [-0.39, 0.29) is 11.4 Å². The monoisotopic (exact) mass is 239 g/mol. The van der Waals surface area contributed by atoms with Crippen molar-refractivity contribution in [3.05, 3.63) is 29.6 Å². The number of pyridine rings is 1. The maximum atomic E-state index is 10.9. The number of carbonyl (C=O) groups is 2. The Hall–Kier alpha value is -1.99. The van der Waals surface area contributed by atoms with Crippen LogP contribution in [0.15, 0.2) is 18.2 Å². The number of primary amides is 2. The number of nitrogens with zero attached hydrogens (tertiary/aromatic N) is 1. The number of hydrogen-bond donors (Lipinski definition) is 4. The van der Waals surface area contributed by atoms with Gasteiger partial charge in [-0.2, -0.15) is 0 Å². The van der Waals surface area contributed by atoms with Crippen LogP contribution in [0.4, 0.5) is 0 Å². The summed E-state index contributed by atoms with van der Waals surface area (Å²) in [6.45, 7) is 0. The second kappa shape index (κ2) is 5.37. The van der Waals surface area contributed by atoms with Crippen LogP contribution in [0, 0.1) is 0 Å². The molecule has 0 spiro atoms. The lowest BCUT2D eigenvalue weighted by molar-refractivity contribution is -0.121. The van der Waals surface area contributed by atoms with Crippen molar-refractivity contribution in [2.45, 2.75) is 18.6 Å². The number of nitrogens with two attached hydrogens (primary N) is 2. The van der Waals surface area contributed by atoms with E-state index in [1.807, 2.05) is 0 Å². The summed E-state index contributed by atoms with van der Waals surface area (Å²) >= 11 is 0. The molecule has 1 aromatic rings. The van der Waals surface area contributed by atoms with E-state index in [4.69, 9.17) is 11.5 Å². The van der Waals surface area contributed by atoms with Crippen LogP contribution in [0.25, 0.3) is 0 Å². The lowest BCUT2D eigenvalue weighted by atomic mass is 10.1. The van der Waals surface area contributed by atoms with Crippen LogP contribution in [0.1, 0.15) is 28.7 Å². The van der Waals surface area contributed by atoms with Crippen LogP contribution < -0.4 is 11.5 Å². The topological polar surface area (TPSA) is 140 Å². The van der Waals surface area contributed by atoms with Gasteiger partial charge in [-0.15, -0.1) is 0 Å². The maximum absolute atomic E-state index is 10.9. The largest absolute Gasteiger partial charge is 0.389 e. The summed E-state index contributed by atoms with van der Waals surface area (Å²) in [6.07, 6.45) is -3.17. The second-order valence-electron chi connectivity index (χ2n) is 3.49. The summed E-state index contributed by atoms with van der Waals surface area (Å²) in [4.78, 5) is 25.2. The van der Waals surface area contributed by atoms with E-state index >= 15 is 0 Å². The molecule has 2 atom stereocenters. The van der Waals surface area contributed by atoms with Crippen molar-refractivity contribution in [2.24, 2.45) is 11.5 Å². The lowest BCUT2D eigenvalue weighted by Crippen LogP contribution is -2.26. The number of aliphatic hydroxyl groups is 2. The Balaban J connectivity index is 2.88. The van der Waals surface area contributed by atoms with Crippen molar-refractivity contribution in [2.75, 3.05) is 0 Å². The lowest BCUT2D eigenvalue weighted by Gasteiger charge is -2.16. The van der Waals surface area contributed by atoms with Gasteiger partial charge in [-0.3, -0.25) is 9.59 Å². The molecule has 1 aromatic heterocycles. The van der Waals surface area contributed by atoms with Gasteiger partial charge < -0.3 is 21.7 Å². The molecule has 0 saturated carbocycles. The molecule has 0 bridgehead atoms. The summed E-state index contributed by atoms with van der Waals surface area (Å²) in [5, 5.41) is 19.1. The van der Waals surface area contributed by atoms with E-state index in [1.165, 1.54) is 18.2 Å². The Morgan fingerprint density at radius 1 is 1.29 bits per heavy atom. The fourth-order valence-corrected chi connectivity index (χ4v) is 1.27. The number of hydrogen-bond acceptors (Lipinski definition) is 5. The number of aromatic nitrogens is 1. The molecule has 7 heteroatoms. The number of aliphatic hydroxyl groups excluding tert-OH is 2. The van der Waals surface area contributed by atoms with Gasteiger partial charge in [-0.25, -0.2) is 4.98 Å². The van der Waals surface area contributed by atoms with Crippen molar-refractivity contribution in [3.8, 4) is 0 Å². The highest BCUT2D eigenvalue weighted by molar-refractivity contribution is 5.90. The number of carbonyl (C=O) groups excluding carboxylic acids is 2. The van der Waals surface area contributed by atoms with E-state index in [9.17, 15) is 19.8 Å². The van der Waals surface area contributed by atoms with Crippen LogP contribution in [0.5, 0.6) is 0 Å². The Morgan fingerprint density at radius 2 is 1.94 bits per heavy atom. The molecular formula is C10H13N3O4. The zero-order valence-corrected chi connectivity index (χ0v) is 8.91. The maximum Gasteiger partial charge on any atom is 0.267 e. The Labute approximate surface area is 97.1 Å². The quantitative estimate of drug-likeness (QED) is 0.492. The first-order valence-corrected chi connectivity index (χ1v) is 4.83. The third-order valence-corrected chi connectivity index (χ3v) is 2.10. The van der Waals surface area contributed by atoms with Gasteiger partial charge in [0, 0.05) is 0 Å². The highest BCUT2D eigenvalue weighted by Crippen LogP contribution is 2.16. The molecule has 1 rings (SSSR count). The zero-order chi connectivity index (χ0) is 13.0. The molecule has 17 heavy (non-hydrogen) atoms. The third kappa shape index (κ3) is 3.51. The standard InChI is InChI=1S/C10H13N3O4/c11-8(15)4-7(14)9(16)5-2-1-3-6(13-5)10(12)17/h1-3,7,9,14,16H,4H2,(H2,11,15)(H2,12,17). The van der Waals surface area contributed by atoms with Crippen molar-refractivity contribution >= 4 is 11.8 Å². The molecule has 0 saturated heterocycles. The van der Waals surface area contributed by atoms with Gasteiger partial charge in [-0.05, 0) is 12.1 Å². The first-order valence-electron chi connectivity index (χ1n) is 4.83. The minimum absolute atomic E-state index is 0.0344. The van der Waals surface area contributed by atoms with Gasteiger partial charge in [0.15, 0.2) is 0 Å². The van der Waals surface area contributed by atoms with E-state index in [0.29, 0.717) is 0 Å². The molecule has 0 radical (unpaired) electrons. The van der Waals surface area contributed by atoms with Gasteiger partial charge in [0.05, 0.1) is 18.2 Å². The van der Waals surface area contributed by atoms with Crippen LogP contribution in [-0.2, 0) is 4.79 Å². The fourth-order valence-electron chi connectivity index (χ4n) is 1.27. The fraction of sp³-hybridized carbons (Fsp3) is 0.300. The molecule has 92 valence electrons. The third-order valence-electron chi connectivity index (χ3n) is 2.10. The second-order valence-corrected chi connectivity index (χ2v) is 3.49. The summed E-state index contributed by atoms with van der Waals surface area (Å²) < 4.78 is 0. The van der Waals surface area contributed by atoms with Gasteiger partial charge in [-0.1, -0.05) is 6.07 Å². The minimum Gasteiger partial charge on any atom is -0.389 e. The molecule has 2 amide bonds. The van der Waals surface area contributed by atoms with Gasteiger partial charge in [0.1, 0.15) is 11.8 Å². The normalized spacial score (nSPS) is 14.0. The predicted octanol–water partition coefficient (Wildman–Crippen LogP) is -1.55. The van der Waals surface area contributed by atoms with Crippen molar-refractivity contribution in [3.63, 3.8) is 0 Å². The van der Waals surface area contributed by atoms with Crippen LogP contribution in [0.2, 0.25) is 0 Å². The van der Waals surface area contributed by atoms with E-state index in [2.05, 4.69) is 4.98 Å². The molecule has 1 heterocycles. The zero-order valence-electron chi connectivity index (χ0n) is 8.91. The van der Waals surface area contributed by atoms with Gasteiger partial charge >= 0.3 is 0 Å². The molecule has 0 fully saturated rings. The first-order chi connectivity index (χ1) is 7.91. The van der Waals surface area contributed by atoms with Crippen LogP contribution >= 0.6 is 0 Å². The molecule has 0 aromatic carbocycles. The minimum atomic E-state index is -1.40. The molecule has 6 N–H and O–H groups in total. The molecular weight excluding hydrogens is 226 g/mol. The Morgan fingerprint density at radius 3 is 2.47 bits per heavy atom. The molecule has 0 aliphatic heterocycles. The number of rotatable bonds is 5. The molecule has 0 aliphatic rings. The van der Waals surface area contributed by atoms with Gasteiger partial charge in [0.25, 0.3) is 5.91 Å². The van der Waals surface area contributed by atoms with Crippen LogP contribution in [0.3, 0.4) is 0 Å². The van der Waals surface area contributed by atoms with Crippen molar-refractivity contribution in [1.29, 1.82) is 0 Å². The Kier molecular flexibility index (Phi) is 4.13. The average molecular weight is 239 g/mol. The summed E-state index contributed by atoms with van der Waals surface area (Å²) in [5.41, 5.74) is 9.92. The Bertz CT molecular complexity index is 435.